The number of aromatic nitrogens is 1. The Kier molecular flexibility index (Phi) is 5.79. The lowest BCUT2D eigenvalue weighted by Crippen LogP contribution is -2.28. The lowest BCUT2D eigenvalue weighted by Gasteiger charge is -2.16. The highest BCUT2D eigenvalue weighted by Gasteiger charge is 2.31. The second-order valence-electron chi connectivity index (χ2n) is 8.25. The van der Waals surface area contributed by atoms with Gasteiger partial charge in [0.25, 0.3) is 11.8 Å². The van der Waals surface area contributed by atoms with E-state index in [4.69, 9.17) is 14.1 Å². The predicted molar refractivity (Wildman–Crippen MR) is 125 cm³/mol. The number of rotatable bonds is 6. The Morgan fingerprint density at radius 1 is 1.15 bits per heavy atom. The molecule has 0 aliphatic carbocycles. The van der Waals surface area contributed by atoms with Crippen LogP contribution in [0.25, 0.3) is 21.9 Å². The molecule has 2 aromatic carbocycles. The molecule has 0 radical (unpaired) electrons. The van der Waals surface area contributed by atoms with Crippen molar-refractivity contribution in [2.24, 2.45) is 0 Å². The number of likely N-dealkylation sites (tertiary alicyclic amines) is 1. The van der Waals surface area contributed by atoms with Crippen molar-refractivity contribution in [1.29, 1.82) is 0 Å². The zero-order valence-corrected chi connectivity index (χ0v) is 18.4. The third-order valence-corrected chi connectivity index (χ3v) is 6.10. The number of carbonyl (C=O) groups excluding carboxylic acids is 2. The molecule has 2 aromatic heterocycles. The van der Waals surface area contributed by atoms with Gasteiger partial charge in [0, 0.05) is 49.1 Å². The maximum atomic E-state index is 13.1. The monoisotopic (exact) mass is 443 g/mol. The molecular formula is C26H25N3O4. The fourth-order valence-corrected chi connectivity index (χ4v) is 4.38. The first-order valence-electron chi connectivity index (χ1n) is 11.1. The van der Waals surface area contributed by atoms with Gasteiger partial charge >= 0.3 is 0 Å². The molecule has 1 saturated heterocycles. The highest BCUT2D eigenvalue weighted by atomic mass is 16.5. The SMILES string of the molecule is COCCNC(=O)c1cc([C@@H]2CCN(C(=O)c3cc4ccccc4o3)C2)nc2ccccc12. The lowest BCUT2D eigenvalue weighted by molar-refractivity contribution is 0.0761. The van der Waals surface area contributed by atoms with Crippen LogP contribution in [0.15, 0.2) is 65.1 Å². The molecule has 1 aliphatic rings. The number of pyridine rings is 1. The average molecular weight is 444 g/mol. The van der Waals surface area contributed by atoms with Crippen molar-refractivity contribution < 1.29 is 18.7 Å². The van der Waals surface area contributed by atoms with E-state index in [1.165, 1.54) is 0 Å². The lowest BCUT2D eigenvalue weighted by atomic mass is 9.99. The van der Waals surface area contributed by atoms with E-state index in [1.54, 1.807) is 18.1 Å². The van der Waals surface area contributed by atoms with Crippen molar-refractivity contribution in [2.45, 2.75) is 12.3 Å². The van der Waals surface area contributed by atoms with Gasteiger partial charge in [-0.25, -0.2) is 0 Å². The minimum Gasteiger partial charge on any atom is -0.451 e. The smallest absolute Gasteiger partial charge is 0.289 e. The summed E-state index contributed by atoms with van der Waals surface area (Å²) in [5.74, 6) is 0.127. The minimum atomic E-state index is -0.153. The summed E-state index contributed by atoms with van der Waals surface area (Å²) in [6.07, 6.45) is 0.780. The minimum absolute atomic E-state index is 0.0495. The fourth-order valence-electron chi connectivity index (χ4n) is 4.38. The summed E-state index contributed by atoms with van der Waals surface area (Å²) in [6.45, 7) is 2.03. The number of nitrogens with one attached hydrogen (secondary N) is 1. The van der Waals surface area contributed by atoms with Crippen molar-refractivity contribution in [1.82, 2.24) is 15.2 Å². The van der Waals surface area contributed by atoms with Crippen LogP contribution in [0.1, 0.15) is 38.9 Å². The van der Waals surface area contributed by atoms with Crippen LogP contribution < -0.4 is 5.32 Å². The molecule has 0 bridgehead atoms. The van der Waals surface area contributed by atoms with E-state index in [-0.39, 0.29) is 17.7 Å². The summed E-state index contributed by atoms with van der Waals surface area (Å²) in [4.78, 5) is 32.6. The van der Waals surface area contributed by atoms with Crippen LogP contribution in [0.5, 0.6) is 0 Å². The Balaban J connectivity index is 1.39. The van der Waals surface area contributed by atoms with E-state index >= 15 is 0 Å². The van der Waals surface area contributed by atoms with Gasteiger partial charge in [0.15, 0.2) is 5.76 Å². The van der Waals surface area contributed by atoms with Crippen molar-refractivity contribution in [3.8, 4) is 0 Å². The van der Waals surface area contributed by atoms with Gasteiger partial charge in [-0.05, 0) is 30.7 Å². The summed E-state index contributed by atoms with van der Waals surface area (Å²) < 4.78 is 10.8. The third kappa shape index (κ3) is 4.19. The topological polar surface area (TPSA) is 84.7 Å². The molecule has 0 spiro atoms. The number of ether oxygens (including phenoxy) is 1. The molecule has 1 fully saturated rings. The molecular weight excluding hydrogens is 418 g/mol. The van der Waals surface area contributed by atoms with Crippen molar-refractivity contribution in [3.63, 3.8) is 0 Å². The van der Waals surface area contributed by atoms with Gasteiger partial charge in [0.1, 0.15) is 5.58 Å². The Morgan fingerprint density at radius 2 is 1.97 bits per heavy atom. The number of fused-ring (bicyclic) bond motifs is 2. The Hall–Kier alpha value is -3.71. The van der Waals surface area contributed by atoms with Crippen LogP contribution in [-0.4, -0.2) is 55.0 Å². The molecule has 7 heteroatoms. The Morgan fingerprint density at radius 3 is 2.82 bits per heavy atom. The molecule has 2 amide bonds. The third-order valence-electron chi connectivity index (χ3n) is 6.10. The molecule has 1 atom stereocenters. The van der Waals surface area contributed by atoms with Crippen molar-refractivity contribution in [2.75, 3.05) is 33.4 Å². The van der Waals surface area contributed by atoms with Crippen LogP contribution in [0.4, 0.5) is 0 Å². The zero-order valence-electron chi connectivity index (χ0n) is 18.4. The van der Waals surface area contributed by atoms with E-state index in [0.29, 0.717) is 43.1 Å². The number of methoxy groups -OCH3 is 1. The summed E-state index contributed by atoms with van der Waals surface area (Å²) in [5, 5.41) is 4.63. The van der Waals surface area contributed by atoms with Crippen molar-refractivity contribution >= 4 is 33.7 Å². The average Bonchev–Trinajstić information content (AvgIpc) is 3.50. The summed E-state index contributed by atoms with van der Waals surface area (Å²) in [7, 11) is 1.60. The van der Waals surface area contributed by atoms with Crippen LogP contribution in [0.3, 0.4) is 0 Å². The number of para-hydroxylation sites is 2. The number of carbonyl (C=O) groups is 2. The van der Waals surface area contributed by atoms with Crippen LogP contribution in [0, 0.1) is 0 Å². The van der Waals surface area contributed by atoms with E-state index in [1.807, 2.05) is 54.6 Å². The number of nitrogens with zero attached hydrogens (tertiary/aromatic N) is 2. The number of hydrogen-bond acceptors (Lipinski definition) is 5. The second-order valence-corrected chi connectivity index (χ2v) is 8.25. The summed E-state index contributed by atoms with van der Waals surface area (Å²) in [6, 6.07) is 18.9. The maximum absolute atomic E-state index is 13.1. The van der Waals surface area contributed by atoms with Gasteiger partial charge < -0.3 is 19.4 Å². The molecule has 4 aromatic rings. The number of furan rings is 1. The fraction of sp³-hybridized carbons (Fsp3) is 0.269. The Labute approximate surface area is 191 Å². The zero-order chi connectivity index (χ0) is 22.8. The van der Waals surface area contributed by atoms with Gasteiger partial charge in [0.2, 0.25) is 0 Å². The molecule has 0 saturated carbocycles. The molecule has 168 valence electrons. The molecule has 7 nitrogen and oxygen atoms in total. The predicted octanol–water partition coefficient (Wildman–Crippen LogP) is 3.99. The molecule has 1 N–H and O–H groups in total. The Bertz CT molecular complexity index is 1300. The molecule has 1 aliphatic heterocycles. The molecule has 5 rings (SSSR count). The van der Waals surface area contributed by atoms with E-state index in [9.17, 15) is 9.59 Å². The first-order valence-corrected chi connectivity index (χ1v) is 11.1. The molecule has 33 heavy (non-hydrogen) atoms. The standard InChI is InChI=1S/C26H25N3O4/c1-32-13-11-27-25(30)20-15-22(28-21-8-4-3-7-19(20)21)18-10-12-29(16-18)26(31)24-14-17-6-2-5-9-23(17)33-24/h2-9,14-15,18H,10-13,16H2,1H3,(H,27,30)/t18-/m1/s1. The van der Waals surface area contributed by atoms with E-state index < -0.39 is 0 Å². The van der Waals surface area contributed by atoms with Crippen LogP contribution in [-0.2, 0) is 4.74 Å². The van der Waals surface area contributed by atoms with Gasteiger partial charge in [-0.15, -0.1) is 0 Å². The highest BCUT2D eigenvalue weighted by molar-refractivity contribution is 6.06. The highest BCUT2D eigenvalue weighted by Crippen LogP contribution is 2.31. The van der Waals surface area contributed by atoms with E-state index in [2.05, 4.69) is 5.32 Å². The van der Waals surface area contributed by atoms with Gasteiger partial charge in [-0.1, -0.05) is 36.4 Å². The summed E-state index contributed by atoms with van der Waals surface area (Å²) >= 11 is 0. The first kappa shape index (κ1) is 21.2. The second kappa shape index (κ2) is 9.03. The molecule has 0 unspecified atom stereocenters. The van der Waals surface area contributed by atoms with Gasteiger partial charge in [-0.2, -0.15) is 0 Å². The van der Waals surface area contributed by atoms with Gasteiger partial charge in [-0.3, -0.25) is 14.6 Å². The molecule has 3 heterocycles. The first-order chi connectivity index (χ1) is 16.1. The van der Waals surface area contributed by atoms with Crippen molar-refractivity contribution in [3.05, 3.63) is 77.7 Å². The van der Waals surface area contributed by atoms with Crippen LogP contribution >= 0.6 is 0 Å². The normalized spacial score (nSPS) is 15.9. The van der Waals surface area contributed by atoms with Gasteiger partial charge in [0.05, 0.1) is 17.7 Å². The quantitative estimate of drug-likeness (QED) is 0.456. The number of benzene rings is 2. The number of hydrogen-bond donors (Lipinski definition) is 1. The summed E-state index contributed by atoms with van der Waals surface area (Å²) in [5.41, 5.74) is 2.89. The maximum Gasteiger partial charge on any atom is 0.289 e. The number of amides is 2. The largest absolute Gasteiger partial charge is 0.451 e. The van der Waals surface area contributed by atoms with E-state index in [0.717, 1.165) is 28.4 Å². The van der Waals surface area contributed by atoms with Crippen LogP contribution in [0.2, 0.25) is 0 Å².